The van der Waals surface area contributed by atoms with Crippen LogP contribution in [-0.4, -0.2) is 15.3 Å². The normalized spacial score (nSPS) is 40.5. The standard InChI is InChI=1S/C7H12OS2/c1-3-6-7(8,4-2)10-5-9-6/h6,8H,3-4H2,1-2H3. The van der Waals surface area contributed by atoms with Crippen LogP contribution in [0, 0.1) is 5.08 Å². The zero-order chi connectivity index (χ0) is 7.61. The Morgan fingerprint density at radius 3 is 2.70 bits per heavy atom. The maximum atomic E-state index is 9.84. The van der Waals surface area contributed by atoms with Crippen molar-refractivity contribution in [2.75, 3.05) is 0 Å². The minimum Gasteiger partial charge on any atom is -0.378 e. The summed E-state index contributed by atoms with van der Waals surface area (Å²) in [5.41, 5.74) is 0. The molecule has 1 rings (SSSR count). The summed E-state index contributed by atoms with van der Waals surface area (Å²) >= 11 is 3.08. The summed E-state index contributed by atoms with van der Waals surface area (Å²) in [6.07, 6.45) is 1.84. The Hall–Kier alpha value is 0.660. The molecular weight excluding hydrogens is 164 g/mol. The fourth-order valence-electron chi connectivity index (χ4n) is 1.01. The lowest BCUT2D eigenvalue weighted by Gasteiger charge is -2.25. The van der Waals surface area contributed by atoms with E-state index in [2.05, 4.69) is 12.0 Å². The third-order valence-corrected chi connectivity index (χ3v) is 4.59. The fraction of sp³-hybridized carbons (Fsp3) is 0.857. The highest BCUT2D eigenvalue weighted by Crippen LogP contribution is 2.50. The first-order valence-electron chi connectivity index (χ1n) is 3.54. The molecule has 0 amide bonds. The van der Waals surface area contributed by atoms with Crippen molar-refractivity contribution in [1.29, 1.82) is 0 Å². The van der Waals surface area contributed by atoms with Crippen LogP contribution in [0.3, 0.4) is 0 Å². The van der Waals surface area contributed by atoms with E-state index in [-0.39, 0.29) is 0 Å². The molecule has 0 aromatic heterocycles. The fourth-order valence-corrected chi connectivity index (χ4v) is 3.50. The molecule has 1 aliphatic rings. The molecule has 1 aliphatic heterocycles. The van der Waals surface area contributed by atoms with Crippen LogP contribution in [0.25, 0.3) is 0 Å². The molecule has 1 nitrogen and oxygen atoms in total. The van der Waals surface area contributed by atoms with Gasteiger partial charge in [0, 0.05) is 5.25 Å². The van der Waals surface area contributed by atoms with Gasteiger partial charge in [-0.3, -0.25) is 0 Å². The van der Waals surface area contributed by atoms with E-state index in [1.165, 1.54) is 11.8 Å². The second kappa shape index (κ2) is 3.37. The second-order valence-electron chi connectivity index (χ2n) is 2.40. The van der Waals surface area contributed by atoms with E-state index in [9.17, 15) is 5.11 Å². The Kier molecular flexibility index (Phi) is 2.95. The molecule has 0 aromatic carbocycles. The quantitative estimate of drug-likeness (QED) is 0.697. The molecule has 1 heterocycles. The van der Waals surface area contributed by atoms with Gasteiger partial charge in [-0.05, 0) is 12.8 Å². The van der Waals surface area contributed by atoms with Crippen LogP contribution < -0.4 is 0 Å². The lowest BCUT2D eigenvalue weighted by molar-refractivity contribution is 0.131. The van der Waals surface area contributed by atoms with E-state index in [0.29, 0.717) is 5.25 Å². The van der Waals surface area contributed by atoms with E-state index >= 15 is 0 Å². The second-order valence-corrected chi connectivity index (χ2v) is 4.78. The van der Waals surface area contributed by atoms with E-state index in [0.717, 1.165) is 12.8 Å². The lowest BCUT2D eigenvalue weighted by Crippen LogP contribution is -2.31. The molecule has 1 saturated heterocycles. The first-order valence-corrected chi connectivity index (χ1v) is 5.23. The molecule has 0 aromatic rings. The van der Waals surface area contributed by atoms with Gasteiger partial charge in [-0.25, -0.2) is 0 Å². The molecule has 0 spiro atoms. The minimum atomic E-state index is -0.528. The zero-order valence-electron chi connectivity index (χ0n) is 6.26. The van der Waals surface area contributed by atoms with Gasteiger partial charge in [0.25, 0.3) is 0 Å². The molecule has 2 radical (unpaired) electrons. The van der Waals surface area contributed by atoms with Crippen LogP contribution in [0.1, 0.15) is 26.7 Å². The molecule has 0 aliphatic carbocycles. The number of hydrogen-bond acceptors (Lipinski definition) is 3. The average molecular weight is 176 g/mol. The minimum absolute atomic E-state index is 0.350. The topological polar surface area (TPSA) is 20.2 Å². The van der Waals surface area contributed by atoms with Gasteiger partial charge in [-0.1, -0.05) is 13.8 Å². The highest BCUT2D eigenvalue weighted by atomic mass is 32.2. The van der Waals surface area contributed by atoms with Crippen molar-refractivity contribution in [2.45, 2.75) is 36.9 Å². The van der Waals surface area contributed by atoms with Gasteiger partial charge in [0.05, 0.1) is 0 Å². The molecule has 1 N–H and O–H groups in total. The zero-order valence-corrected chi connectivity index (χ0v) is 7.89. The van der Waals surface area contributed by atoms with Crippen molar-refractivity contribution < 1.29 is 5.11 Å². The van der Waals surface area contributed by atoms with Gasteiger partial charge >= 0.3 is 0 Å². The Bertz CT molecular complexity index is 118. The highest BCUT2D eigenvalue weighted by molar-refractivity contribution is 8.23. The third-order valence-electron chi connectivity index (χ3n) is 1.79. The van der Waals surface area contributed by atoms with Crippen molar-refractivity contribution in [1.82, 2.24) is 0 Å². The molecule has 0 saturated carbocycles. The van der Waals surface area contributed by atoms with Crippen molar-refractivity contribution in [3.63, 3.8) is 0 Å². The van der Waals surface area contributed by atoms with Crippen molar-refractivity contribution in [3.05, 3.63) is 5.08 Å². The first kappa shape index (κ1) is 8.75. The van der Waals surface area contributed by atoms with Crippen LogP contribution in [0.2, 0.25) is 0 Å². The van der Waals surface area contributed by atoms with Gasteiger partial charge < -0.3 is 5.11 Å². The van der Waals surface area contributed by atoms with Crippen LogP contribution in [0.5, 0.6) is 0 Å². The summed E-state index contributed by atoms with van der Waals surface area (Å²) < 4.78 is 0. The van der Waals surface area contributed by atoms with E-state index in [4.69, 9.17) is 0 Å². The summed E-state index contributed by atoms with van der Waals surface area (Å²) in [5.74, 6) is 0. The van der Waals surface area contributed by atoms with Gasteiger partial charge in [0.15, 0.2) is 0 Å². The van der Waals surface area contributed by atoms with Crippen molar-refractivity contribution in [2.24, 2.45) is 0 Å². The van der Waals surface area contributed by atoms with Crippen LogP contribution in [0.15, 0.2) is 0 Å². The van der Waals surface area contributed by atoms with Crippen LogP contribution >= 0.6 is 23.5 Å². The van der Waals surface area contributed by atoms with Crippen molar-refractivity contribution >= 4 is 23.5 Å². The summed E-state index contributed by atoms with van der Waals surface area (Å²) in [4.78, 5) is -0.528. The monoisotopic (exact) mass is 176 g/mol. The van der Waals surface area contributed by atoms with E-state index in [1.807, 2.05) is 6.92 Å². The van der Waals surface area contributed by atoms with Crippen LogP contribution in [-0.2, 0) is 0 Å². The molecule has 2 unspecified atom stereocenters. The first-order chi connectivity index (χ1) is 4.73. The molecule has 1 fully saturated rings. The third kappa shape index (κ3) is 1.46. The molecule has 10 heavy (non-hydrogen) atoms. The van der Waals surface area contributed by atoms with E-state index in [1.54, 1.807) is 11.8 Å². The smallest absolute Gasteiger partial charge is 0.123 e. The Labute approximate surface area is 71.0 Å². The summed E-state index contributed by atoms with van der Waals surface area (Å²) in [5, 5.41) is 13.2. The van der Waals surface area contributed by atoms with Gasteiger partial charge in [-0.15, -0.1) is 23.5 Å². The average Bonchev–Trinajstić information content (AvgIpc) is 2.32. The predicted molar refractivity (Wildman–Crippen MR) is 47.7 cm³/mol. The Morgan fingerprint density at radius 1 is 1.60 bits per heavy atom. The summed E-state index contributed by atoms with van der Waals surface area (Å²) in [6, 6.07) is 0. The molecule has 0 bridgehead atoms. The molecule has 2 atom stereocenters. The number of rotatable bonds is 2. The van der Waals surface area contributed by atoms with Gasteiger partial charge in [0.1, 0.15) is 10.0 Å². The largest absolute Gasteiger partial charge is 0.378 e. The summed E-state index contributed by atoms with van der Waals surface area (Å²) in [7, 11) is 0. The van der Waals surface area contributed by atoms with Gasteiger partial charge in [-0.2, -0.15) is 0 Å². The van der Waals surface area contributed by atoms with Crippen LogP contribution in [0.4, 0.5) is 0 Å². The molecule has 3 heteroatoms. The lowest BCUT2D eigenvalue weighted by atomic mass is 10.1. The van der Waals surface area contributed by atoms with Gasteiger partial charge in [0.2, 0.25) is 0 Å². The van der Waals surface area contributed by atoms with Crippen molar-refractivity contribution in [3.8, 4) is 0 Å². The maximum Gasteiger partial charge on any atom is 0.123 e. The number of aliphatic hydroxyl groups is 1. The molecule has 58 valence electrons. The Morgan fingerprint density at radius 2 is 2.30 bits per heavy atom. The maximum absolute atomic E-state index is 9.84. The summed E-state index contributed by atoms with van der Waals surface area (Å²) in [6.45, 7) is 4.12. The SMILES string of the molecule is CCC1S[C]SC1(O)CC. The number of thioether (sulfide) groups is 2. The number of hydrogen-bond donors (Lipinski definition) is 1. The Balaban J connectivity index is 2.56. The highest BCUT2D eigenvalue weighted by Gasteiger charge is 2.40. The molecular formula is C7H12OS2. The van der Waals surface area contributed by atoms with E-state index < -0.39 is 4.93 Å². The predicted octanol–water partition coefficient (Wildman–Crippen LogP) is 2.34.